The largest absolute Gasteiger partial charge is 0.479 e. The van der Waals surface area contributed by atoms with Gasteiger partial charge in [-0.3, -0.25) is 4.79 Å². The molecule has 9 heteroatoms. The number of hydrogen-bond acceptors (Lipinski definition) is 6. The zero-order valence-corrected chi connectivity index (χ0v) is 23.8. The van der Waals surface area contributed by atoms with E-state index in [1.165, 1.54) is 17.8 Å². The molecule has 2 heterocycles. The van der Waals surface area contributed by atoms with E-state index in [4.69, 9.17) is 9.47 Å². The molecule has 0 spiro atoms. The number of nitrogens with one attached hydrogen (secondary N) is 1. The number of carbonyl (C=O) groups is 2. The number of thiophene rings is 1. The van der Waals surface area contributed by atoms with Gasteiger partial charge in [0.25, 0.3) is 5.91 Å². The molecule has 1 saturated heterocycles. The van der Waals surface area contributed by atoms with Crippen molar-refractivity contribution in [3.05, 3.63) is 33.6 Å². The number of hydrogen-bond donors (Lipinski definition) is 2. The van der Waals surface area contributed by atoms with Crippen molar-refractivity contribution in [2.24, 2.45) is 10.8 Å². The van der Waals surface area contributed by atoms with Gasteiger partial charge in [0.2, 0.25) is 0 Å². The fourth-order valence-corrected chi connectivity index (χ4v) is 7.85. The maximum absolute atomic E-state index is 13.3. The third-order valence-electron chi connectivity index (χ3n) is 6.69. The zero-order chi connectivity index (χ0) is 26.1. The third kappa shape index (κ3) is 6.42. The Morgan fingerprint density at radius 1 is 1.19 bits per heavy atom. The maximum atomic E-state index is 13.3. The Hall–Kier alpha value is -2.10. The Morgan fingerprint density at radius 2 is 1.86 bits per heavy atom. The van der Waals surface area contributed by atoms with E-state index in [1.54, 1.807) is 4.90 Å². The number of amides is 1. The van der Waals surface area contributed by atoms with Gasteiger partial charge >= 0.3 is 5.97 Å². The molecule has 0 radical (unpaired) electrons. The quantitative estimate of drug-likeness (QED) is 0.411. The lowest BCUT2D eigenvalue weighted by atomic mass is 9.63. The number of aliphatic carboxylic acids is 1. The standard InChI is InChI=1S/C27H35BrN2O5S/c1-26(2)13-19(14-27(3,4)16-26)29-18-7-5-6-17(12-18)23-21(28)22(35-15-20(31)32)24(36-23)25(33)30-8-10-34-11-9-30/h5-7,12,19,29H,8-11,13-16H2,1-4H3,(H,31,32). The van der Waals surface area contributed by atoms with Crippen LogP contribution in [0, 0.1) is 10.8 Å². The summed E-state index contributed by atoms with van der Waals surface area (Å²) in [6.45, 7) is 10.8. The number of halogens is 1. The van der Waals surface area contributed by atoms with Crippen molar-refractivity contribution >= 4 is 44.8 Å². The molecule has 2 fully saturated rings. The first kappa shape index (κ1) is 26.9. The van der Waals surface area contributed by atoms with Gasteiger partial charge in [-0.1, -0.05) is 39.8 Å². The Kier molecular flexibility index (Phi) is 8.02. The first-order valence-corrected chi connectivity index (χ1v) is 14.0. The average molecular weight is 580 g/mol. The highest BCUT2D eigenvalue weighted by molar-refractivity contribution is 9.10. The first-order chi connectivity index (χ1) is 16.9. The van der Waals surface area contributed by atoms with E-state index in [2.05, 4.69) is 61.1 Å². The van der Waals surface area contributed by atoms with Gasteiger partial charge in [-0.2, -0.15) is 0 Å². The number of carboxylic acid groups (broad SMARTS) is 1. The molecule has 4 rings (SSSR count). The van der Waals surface area contributed by atoms with Crippen molar-refractivity contribution in [1.82, 2.24) is 4.90 Å². The van der Waals surface area contributed by atoms with E-state index in [0.717, 1.165) is 29.0 Å². The molecule has 1 saturated carbocycles. The van der Waals surface area contributed by atoms with Crippen LogP contribution in [0.25, 0.3) is 10.4 Å². The molecule has 36 heavy (non-hydrogen) atoms. The van der Waals surface area contributed by atoms with E-state index in [9.17, 15) is 14.7 Å². The number of ether oxygens (including phenoxy) is 2. The Balaban J connectivity index is 1.63. The molecule has 1 aromatic heterocycles. The van der Waals surface area contributed by atoms with E-state index in [1.807, 2.05) is 12.1 Å². The summed E-state index contributed by atoms with van der Waals surface area (Å²) in [5, 5.41) is 12.9. The van der Waals surface area contributed by atoms with E-state index in [0.29, 0.717) is 41.7 Å². The van der Waals surface area contributed by atoms with Crippen LogP contribution < -0.4 is 10.1 Å². The summed E-state index contributed by atoms with van der Waals surface area (Å²) in [5.74, 6) is -0.983. The molecule has 7 nitrogen and oxygen atoms in total. The second-order valence-corrected chi connectivity index (χ2v) is 13.1. The maximum Gasteiger partial charge on any atom is 0.341 e. The monoisotopic (exact) mass is 578 g/mol. The molecule has 1 aromatic carbocycles. The van der Waals surface area contributed by atoms with E-state index < -0.39 is 12.6 Å². The van der Waals surface area contributed by atoms with Crippen LogP contribution in [0.4, 0.5) is 5.69 Å². The fourth-order valence-electron chi connectivity index (χ4n) is 5.83. The molecule has 1 amide bonds. The number of nitrogens with zero attached hydrogens (tertiary/aromatic N) is 1. The van der Waals surface area contributed by atoms with Crippen LogP contribution in [0.5, 0.6) is 5.75 Å². The Morgan fingerprint density at radius 3 is 2.50 bits per heavy atom. The smallest absolute Gasteiger partial charge is 0.341 e. The predicted molar refractivity (Wildman–Crippen MR) is 146 cm³/mol. The number of carboxylic acids is 1. The van der Waals surface area contributed by atoms with Crippen LogP contribution in [0.1, 0.15) is 56.6 Å². The van der Waals surface area contributed by atoms with Gasteiger partial charge in [0.1, 0.15) is 4.88 Å². The zero-order valence-electron chi connectivity index (χ0n) is 21.4. The van der Waals surface area contributed by atoms with Crippen LogP contribution >= 0.6 is 27.3 Å². The van der Waals surface area contributed by atoms with Gasteiger partial charge in [-0.15, -0.1) is 11.3 Å². The molecule has 1 aliphatic heterocycles. The van der Waals surface area contributed by atoms with Crippen molar-refractivity contribution in [2.45, 2.75) is 53.0 Å². The van der Waals surface area contributed by atoms with Crippen LogP contribution in [0.15, 0.2) is 28.7 Å². The van der Waals surface area contributed by atoms with Crippen molar-refractivity contribution in [2.75, 3.05) is 38.2 Å². The lowest BCUT2D eigenvalue weighted by Crippen LogP contribution is -2.40. The predicted octanol–water partition coefficient (Wildman–Crippen LogP) is 6.13. The molecule has 0 bridgehead atoms. The molecule has 1 aliphatic carbocycles. The molecular weight excluding hydrogens is 544 g/mol. The second-order valence-electron chi connectivity index (χ2n) is 11.3. The lowest BCUT2D eigenvalue weighted by Gasteiger charge is -2.45. The average Bonchev–Trinajstić information content (AvgIpc) is 3.12. The normalized spacial score (nSPS) is 19.6. The van der Waals surface area contributed by atoms with Gasteiger partial charge in [0.05, 0.1) is 22.6 Å². The van der Waals surface area contributed by atoms with E-state index >= 15 is 0 Å². The number of benzene rings is 1. The van der Waals surface area contributed by atoms with Crippen molar-refractivity contribution < 1.29 is 24.2 Å². The van der Waals surface area contributed by atoms with Gasteiger partial charge < -0.3 is 24.8 Å². The highest BCUT2D eigenvalue weighted by Gasteiger charge is 2.38. The Labute approximate surface area is 225 Å². The number of rotatable bonds is 7. The van der Waals surface area contributed by atoms with Crippen molar-refractivity contribution in [3.63, 3.8) is 0 Å². The molecule has 2 aromatic rings. The molecule has 0 atom stereocenters. The van der Waals surface area contributed by atoms with Crippen LogP contribution in [-0.4, -0.2) is 60.8 Å². The summed E-state index contributed by atoms with van der Waals surface area (Å²) >= 11 is 4.93. The van der Waals surface area contributed by atoms with E-state index in [-0.39, 0.29) is 22.5 Å². The summed E-state index contributed by atoms with van der Waals surface area (Å²) in [6.07, 6.45) is 3.42. The number of carbonyl (C=O) groups excluding carboxylic acids is 1. The number of morpholine rings is 1. The summed E-state index contributed by atoms with van der Waals surface area (Å²) in [5.41, 5.74) is 2.52. The van der Waals surface area contributed by atoms with Crippen LogP contribution in [0.2, 0.25) is 0 Å². The topological polar surface area (TPSA) is 88.1 Å². The van der Waals surface area contributed by atoms with Gasteiger partial charge in [0.15, 0.2) is 12.4 Å². The fraction of sp³-hybridized carbons (Fsp3) is 0.556. The SMILES string of the molecule is CC1(C)CC(Nc2cccc(-c3sc(C(=O)N4CCOCC4)c(OCC(=O)O)c3Br)c2)CC(C)(C)C1. The summed E-state index contributed by atoms with van der Waals surface area (Å²) in [6, 6.07) is 8.54. The first-order valence-electron chi connectivity index (χ1n) is 12.3. The number of anilines is 1. The highest BCUT2D eigenvalue weighted by atomic mass is 79.9. The molecule has 196 valence electrons. The van der Waals surface area contributed by atoms with Crippen LogP contribution in [0.3, 0.4) is 0 Å². The molecule has 0 unspecified atom stereocenters. The molecule has 2 N–H and O–H groups in total. The van der Waals surface area contributed by atoms with Crippen molar-refractivity contribution in [1.29, 1.82) is 0 Å². The second kappa shape index (κ2) is 10.7. The van der Waals surface area contributed by atoms with Gasteiger partial charge in [-0.05, 0) is 63.7 Å². The molecular formula is C27H35BrN2O5S. The van der Waals surface area contributed by atoms with Crippen LogP contribution in [-0.2, 0) is 9.53 Å². The van der Waals surface area contributed by atoms with Crippen molar-refractivity contribution in [3.8, 4) is 16.2 Å². The van der Waals surface area contributed by atoms with Gasteiger partial charge in [-0.25, -0.2) is 4.79 Å². The highest BCUT2D eigenvalue weighted by Crippen LogP contribution is 2.48. The Bertz CT molecular complexity index is 1110. The lowest BCUT2D eigenvalue weighted by molar-refractivity contribution is -0.139. The third-order valence-corrected chi connectivity index (χ3v) is 8.92. The summed E-state index contributed by atoms with van der Waals surface area (Å²) in [7, 11) is 0. The molecule has 2 aliphatic rings. The minimum atomic E-state index is -1.09. The minimum absolute atomic E-state index is 0.170. The van der Waals surface area contributed by atoms with Gasteiger partial charge in [0, 0.05) is 24.8 Å². The summed E-state index contributed by atoms with van der Waals surface area (Å²) < 4.78 is 11.6. The summed E-state index contributed by atoms with van der Waals surface area (Å²) in [4.78, 5) is 27.5. The minimum Gasteiger partial charge on any atom is -0.479 e.